The Morgan fingerprint density at radius 3 is 2.55 bits per heavy atom. The van der Waals surface area contributed by atoms with E-state index in [0.717, 1.165) is 37.2 Å². The van der Waals surface area contributed by atoms with Gasteiger partial charge in [0.05, 0.1) is 24.1 Å². The number of rotatable bonds is 5. The molecule has 0 radical (unpaired) electrons. The van der Waals surface area contributed by atoms with E-state index in [1.54, 1.807) is 18.3 Å². The molecule has 2 aliphatic rings. The van der Waals surface area contributed by atoms with Gasteiger partial charge in [0.25, 0.3) is 0 Å². The van der Waals surface area contributed by atoms with Gasteiger partial charge in [0.1, 0.15) is 0 Å². The average molecular weight is 403 g/mol. The molecule has 1 amide bonds. The van der Waals surface area contributed by atoms with Crippen LogP contribution >= 0.6 is 0 Å². The van der Waals surface area contributed by atoms with E-state index in [2.05, 4.69) is 9.88 Å². The molecule has 1 unspecified atom stereocenters. The molecule has 4 nitrogen and oxygen atoms in total. The summed E-state index contributed by atoms with van der Waals surface area (Å²) in [5, 5.41) is 0. The summed E-state index contributed by atoms with van der Waals surface area (Å²) in [6.07, 6.45) is -1.76. The Morgan fingerprint density at radius 1 is 1.00 bits per heavy atom. The normalized spacial score (nSPS) is 22.7. The number of aromatic nitrogens is 1. The van der Waals surface area contributed by atoms with Crippen molar-refractivity contribution in [2.45, 2.75) is 38.5 Å². The first-order valence-corrected chi connectivity index (χ1v) is 9.89. The van der Waals surface area contributed by atoms with E-state index in [0.29, 0.717) is 19.6 Å². The molecule has 0 aliphatic carbocycles. The van der Waals surface area contributed by atoms with Gasteiger partial charge >= 0.3 is 6.18 Å². The zero-order valence-electron chi connectivity index (χ0n) is 16.2. The number of likely N-dealkylation sites (tertiary alicyclic amines) is 2. The Labute approximate surface area is 168 Å². The van der Waals surface area contributed by atoms with Gasteiger partial charge in [0, 0.05) is 25.8 Å². The Kier molecular flexibility index (Phi) is 5.34. The molecule has 2 saturated heterocycles. The maximum Gasteiger partial charge on any atom is 0.393 e. The number of nitrogens with zero attached hydrogens (tertiary/aromatic N) is 3. The highest BCUT2D eigenvalue weighted by Gasteiger charge is 2.50. The van der Waals surface area contributed by atoms with Crippen LogP contribution in [0.1, 0.15) is 29.7 Å². The van der Waals surface area contributed by atoms with Crippen molar-refractivity contribution in [3.05, 3.63) is 65.5 Å². The smallest absolute Gasteiger partial charge is 0.336 e. The van der Waals surface area contributed by atoms with Crippen LogP contribution in [0.15, 0.2) is 48.7 Å². The van der Waals surface area contributed by atoms with Gasteiger partial charge in [-0.15, -0.1) is 0 Å². The third-order valence-corrected chi connectivity index (χ3v) is 5.92. The van der Waals surface area contributed by atoms with Crippen molar-refractivity contribution in [1.82, 2.24) is 14.8 Å². The molecule has 29 heavy (non-hydrogen) atoms. The lowest BCUT2D eigenvalue weighted by Crippen LogP contribution is -2.36. The van der Waals surface area contributed by atoms with Crippen molar-refractivity contribution in [2.24, 2.45) is 5.41 Å². The molecule has 7 heteroatoms. The van der Waals surface area contributed by atoms with Gasteiger partial charge in [-0.1, -0.05) is 30.3 Å². The largest absolute Gasteiger partial charge is 0.393 e. The minimum atomic E-state index is -4.20. The molecule has 0 bridgehead atoms. The third kappa shape index (κ3) is 4.61. The molecule has 0 N–H and O–H groups in total. The van der Waals surface area contributed by atoms with Gasteiger partial charge < -0.3 is 4.90 Å². The first-order chi connectivity index (χ1) is 13.8. The van der Waals surface area contributed by atoms with Crippen LogP contribution in [0.3, 0.4) is 0 Å². The summed E-state index contributed by atoms with van der Waals surface area (Å²) in [5.74, 6) is 0.177. The Hall–Kier alpha value is -2.41. The van der Waals surface area contributed by atoms with E-state index >= 15 is 0 Å². The van der Waals surface area contributed by atoms with Crippen LogP contribution in [0.5, 0.6) is 0 Å². The SMILES string of the molecule is O=C1N(Cc2ccccn2)CCC12CCN(Cc1cccc(CC(F)(F)F)c1)C2. The maximum absolute atomic E-state index is 13.1. The van der Waals surface area contributed by atoms with E-state index in [1.165, 1.54) is 6.07 Å². The first kappa shape index (κ1) is 19.9. The van der Waals surface area contributed by atoms with Gasteiger partial charge in [-0.25, -0.2) is 0 Å². The lowest BCUT2D eigenvalue weighted by molar-refractivity contribution is -0.136. The molecule has 0 saturated carbocycles. The van der Waals surface area contributed by atoms with Crippen LogP contribution in [0.25, 0.3) is 0 Å². The number of hydrogen-bond acceptors (Lipinski definition) is 3. The average Bonchev–Trinajstić information content (AvgIpc) is 3.20. The third-order valence-electron chi connectivity index (χ3n) is 5.92. The zero-order chi connectivity index (χ0) is 20.5. The van der Waals surface area contributed by atoms with E-state index < -0.39 is 12.6 Å². The maximum atomic E-state index is 13.1. The minimum Gasteiger partial charge on any atom is -0.336 e. The summed E-state index contributed by atoms with van der Waals surface area (Å²) < 4.78 is 38.0. The van der Waals surface area contributed by atoms with Crippen LogP contribution < -0.4 is 0 Å². The lowest BCUT2D eigenvalue weighted by atomic mass is 9.85. The molecule has 154 valence electrons. The number of alkyl halides is 3. The van der Waals surface area contributed by atoms with Crippen molar-refractivity contribution in [3.8, 4) is 0 Å². The fourth-order valence-electron chi connectivity index (χ4n) is 4.53. The number of hydrogen-bond donors (Lipinski definition) is 0. The topological polar surface area (TPSA) is 36.4 Å². The van der Waals surface area contributed by atoms with Gasteiger partial charge in [-0.2, -0.15) is 13.2 Å². The fraction of sp³-hybridized carbons (Fsp3) is 0.455. The summed E-state index contributed by atoms with van der Waals surface area (Å²) >= 11 is 0. The molecule has 1 spiro atoms. The number of amides is 1. The van der Waals surface area contributed by atoms with Crippen LogP contribution in [0.2, 0.25) is 0 Å². The molecule has 2 fully saturated rings. The first-order valence-electron chi connectivity index (χ1n) is 9.89. The predicted molar refractivity (Wildman–Crippen MR) is 103 cm³/mol. The Bertz CT molecular complexity index is 871. The van der Waals surface area contributed by atoms with E-state index in [4.69, 9.17) is 0 Å². The molecule has 1 atom stereocenters. The Balaban J connectivity index is 1.38. The van der Waals surface area contributed by atoms with Gasteiger partial charge in [0.2, 0.25) is 5.91 Å². The highest BCUT2D eigenvalue weighted by atomic mass is 19.4. The summed E-state index contributed by atoms with van der Waals surface area (Å²) in [4.78, 5) is 21.5. The van der Waals surface area contributed by atoms with Crippen molar-refractivity contribution in [2.75, 3.05) is 19.6 Å². The number of pyridine rings is 1. The Morgan fingerprint density at radius 2 is 1.79 bits per heavy atom. The molecule has 1 aromatic heterocycles. The summed E-state index contributed by atoms with van der Waals surface area (Å²) in [6.45, 7) is 3.27. The fourth-order valence-corrected chi connectivity index (χ4v) is 4.53. The highest BCUT2D eigenvalue weighted by molar-refractivity contribution is 5.85. The molecular formula is C22H24F3N3O. The predicted octanol–water partition coefficient (Wildman–Crippen LogP) is 3.81. The summed E-state index contributed by atoms with van der Waals surface area (Å²) in [5.41, 5.74) is 1.66. The molecule has 1 aromatic carbocycles. The number of carbonyl (C=O) groups excluding carboxylic acids is 1. The quantitative estimate of drug-likeness (QED) is 0.762. The molecule has 2 aromatic rings. The van der Waals surface area contributed by atoms with Crippen molar-refractivity contribution in [3.63, 3.8) is 0 Å². The van der Waals surface area contributed by atoms with Crippen LogP contribution in [-0.4, -0.2) is 46.5 Å². The van der Waals surface area contributed by atoms with Crippen molar-refractivity contribution in [1.29, 1.82) is 0 Å². The number of carbonyl (C=O) groups is 1. The summed E-state index contributed by atoms with van der Waals surface area (Å²) in [7, 11) is 0. The van der Waals surface area contributed by atoms with E-state index in [-0.39, 0.29) is 16.9 Å². The second-order valence-corrected chi connectivity index (χ2v) is 8.15. The van der Waals surface area contributed by atoms with Crippen molar-refractivity contribution < 1.29 is 18.0 Å². The van der Waals surface area contributed by atoms with Gasteiger partial charge in [-0.05, 0) is 42.6 Å². The van der Waals surface area contributed by atoms with Gasteiger partial charge in [0.15, 0.2) is 0 Å². The lowest BCUT2D eigenvalue weighted by Gasteiger charge is -2.24. The van der Waals surface area contributed by atoms with Crippen LogP contribution in [0, 0.1) is 5.41 Å². The number of halogens is 3. The molecular weight excluding hydrogens is 379 g/mol. The zero-order valence-corrected chi connectivity index (χ0v) is 16.2. The van der Waals surface area contributed by atoms with Crippen LogP contribution in [-0.2, 0) is 24.3 Å². The molecule has 3 heterocycles. The number of benzene rings is 1. The van der Waals surface area contributed by atoms with Crippen LogP contribution in [0.4, 0.5) is 13.2 Å². The molecule has 2 aliphatic heterocycles. The second-order valence-electron chi connectivity index (χ2n) is 8.15. The standard InChI is InChI=1S/C22H24F3N3O/c23-22(24,25)13-17-4-3-5-18(12-17)14-27-10-7-21(16-27)8-11-28(20(21)29)15-19-6-1-2-9-26-19/h1-6,9,12H,7-8,10-11,13-16H2. The minimum absolute atomic E-state index is 0.177. The monoisotopic (exact) mass is 403 g/mol. The summed E-state index contributed by atoms with van der Waals surface area (Å²) in [6, 6.07) is 12.4. The second kappa shape index (κ2) is 7.78. The van der Waals surface area contributed by atoms with E-state index in [1.807, 2.05) is 29.2 Å². The molecule has 4 rings (SSSR count). The van der Waals surface area contributed by atoms with Crippen molar-refractivity contribution >= 4 is 5.91 Å². The van der Waals surface area contributed by atoms with E-state index in [9.17, 15) is 18.0 Å². The van der Waals surface area contributed by atoms with Gasteiger partial charge in [-0.3, -0.25) is 14.7 Å². The highest BCUT2D eigenvalue weighted by Crippen LogP contribution is 2.41.